The molecule has 5 aromatic rings. The number of methoxy groups -OCH3 is 1. The second-order valence-electron chi connectivity index (χ2n) is 9.10. The molecule has 0 amide bonds. The van der Waals surface area contributed by atoms with E-state index in [1.807, 2.05) is 53.5 Å². The molecule has 0 saturated carbocycles. The molecular weight excluding hydrogens is 480 g/mol. The molecule has 0 spiro atoms. The molecule has 1 aliphatic heterocycles. The SMILES string of the molecule is COc1ccc(C2=NN(c3nc(-c4ccccc4)c4cc(Cl)ccc4n3)C(c3ccccc3C)C2)cc1. The Morgan fingerprint density at radius 2 is 1.59 bits per heavy atom. The number of ether oxygens (including phenoxy) is 1. The summed E-state index contributed by atoms with van der Waals surface area (Å²) in [6.07, 6.45) is 0.736. The zero-order valence-corrected chi connectivity index (χ0v) is 21.4. The average Bonchev–Trinajstić information content (AvgIpc) is 3.38. The maximum Gasteiger partial charge on any atom is 0.247 e. The van der Waals surface area contributed by atoms with E-state index in [0.29, 0.717) is 11.0 Å². The Bertz CT molecular complexity index is 1620. The van der Waals surface area contributed by atoms with Crippen molar-refractivity contribution < 1.29 is 4.74 Å². The Morgan fingerprint density at radius 3 is 2.35 bits per heavy atom. The number of aromatic nitrogens is 2. The summed E-state index contributed by atoms with van der Waals surface area (Å²) in [6.45, 7) is 2.14. The predicted molar refractivity (Wildman–Crippen MR) is 151 cm³/mol. The third-order valence-electron chi connectivity index (χ3n) is 6.78. The first-order chi connectivity index (χ1) is 18.1. The Kier molecular flexibility index (Phi) is 6.07. The fourth-order valence-electron chi connectivity index (χ4n) is 4.86. The van der Waals surface area contributed by atoms with Crippen molar-refractivity contribution in [2.75, 3.05) is 12.1 Å². The summed E-state index contributed by atoms with van der Waals surface area (Å²) in [6, 6.07) is 32.3. The second kappa shape index (κ2) is 9.68. The van der Waals surface area contributed by atoms with Crippen molar-refractivity contribution in [2.45, 2.75) is 19.4 Å². The van der Waals surface area contributed by atoms with E-state index in [9.17, 15) is 0 Å². The molecule has 1 unspecified atom stereocenters. The van der Waals surface area contributed by atoms with Gasteiger partial charge in [0.2, 0.25) is 5.95 Å². The van der Waals surface area contributed by atoms with E-state index in [0.717, 1.165) is 45.6 Å². The Morgan fingerprint density at radius 1 is 0.838 bits per heavy atom. The van der Waals surface area contributed by atoms with Crippen LogP contribution in [0, 0.1) is 6.92 Å². The molecule has 5 nitrogen and oxygen atoms in total. The third-order valence-corrected chi connectivity index (χ3v) is 7.01. The molecule has 4 aromatic carbocycles. The number of hydrogen-bond acceptors (Lipinski definition) is 5. The molecule has 0 radical (unpaired) electrons. The molecule has 1 aliphatic rings. The van der Waals surface area contributed by atoms with Gasteiger partial charge in [0.15, 0.2) is 0 Å². The lowest BCUT2D eigenvalue weighted by Crippen LogP contribution is -2.22. The van der Waals surface area contributed by atoms with Gasteiger partial charge in [-0.2, -0.15) is 5.10 Å². The van der Waals surface area contributed by atoms with E-state index < -0.39 is 0 Å². The highest BCUT2D eigenvalue weighted by Gasteiger charge is 2.33. The minimum absolute atomic E-state index is 0.0355. The van der Waals surface area contributed by atoms with Gasteiger partial charge in [0.05, 0.1) is 30.1 Å². The van der Waals surface area contributed by atoms with Gasteiger partial charge in [0.25, 0.3) is 0 Å². The lowest BCUT2D eigenvalue weighted by Gasteiger charge is -2.24. The molecule has 0 fully saturated rings. The molecule has 0 aliphatic carbocycles. The molecule has 2 heterocycles. The highest BCUT2D eigenvalue weighted by Crippen LogP contribution is 2.39. The van der Waals surface area contributed by atoms with E-state index in [2.05, 4.69) is 55.5 Å². The Balaban J connectivity index is 1.53. The van der Waals surface area contributed by atoms with Gasteiger partial charge in [-0.15, -0.1) is 0 Å². The van der Waals surface area contributed by atoms with E-state index in [-0.39, 0.29) is 6.04 Å². The minimum Gasteiger partial charge on any atom is -0.497 e. The standard InChI is InChI=1S/C31H25ClN4O/c1-20-8-6-7-11-25(20)29-19-28(21-12-15-24(37-2)16-13-21)35-36(29)31-33-27-17-14-23(32)18-26(27)30(34-31)22-9-4-3-5-10-22/h3-18,29H,19H2,1-2H3. The molecule has 6 rings (SSSR count). The van der Waals surface area contributed by atoms with Gasteiger partial charge in [0, 0.05) is 22.4 Å². The summed E-state index contributed by atoms with van der Waals surface area (Å²) in [4.78, 5) is 10.1. The predicted octanol–water partition coefficient (Wildman–Crippen LogP) is 7.62. The van der Waals surface area contributed by atoms with Crippen LogP contribution in [0.15, 0.2) is 102 Å². The zero-order chi connectivity index (χ0) is 25.4. The Labute approximate surface area is 221 Å². The van der Waals surface area contributed by atoms with E-state index in [1.54, 1.807) is 7.11 Å². The quantitative estimate of drug-likeness (QED) is 0.247. The lowest BCUT2D eigenvalue weighted by molar-refractivity contribution is 0.415. The number of rotatable bonds is 5. The largest absolute Gasteiger partial charge is 0.497 e. The summed E-state index contributed by atoms with van der Waals surface area (Å²) >= 11 is 6.38. The van der Waals surface area contributed by atoms with Crippen LogP contribution in [-0.2, 0) is 0 Å². The maximum absolute atomic E-state index is 6.38. The second-order valence-corrected chi connectivity index (χ2v) is 9.53. The van der Waals surface area contributed by atoms with Crippen molar-refractivity contribution in [2.24, 2.45) is 5.10 Å². The molecule has 37 heavy (non-hydrogen) atoms. The topological polar surface area (TPSA) is 50.6 Å². The minimum atomic E-state index is -0.0355. The summed E-state index contributed by atoms with van der Waals surface area (Å²) in [7, 11) is 1.67. The van der Waals surface area contributed by atoms with Crippen LogP contribution in [0.2, 0.25) is 5.02 Å². The number of aryl methyl sites for hydroxylation is 1. The van der Waals surface area contributed by atoms with E-state index in [1.165, 1.54) is 11.1 Å². The summed E-state index contributed by atoms with van der Waals surface area (Å²) in [5, 5.41) is 8.64. The van der Waals surface area contributed by atoms with Crippen LogP contribution < -0.4 is 9.75 Å². The molecule has 1 aromatic heterocycles. The van der Waals surface area contributed by atoms with Crippen LogP contribution in [0.5, 0.6) is 5.75 Å². The average molecular weight is 505 g/mol. The molecule has 0 N–H and O–H groups in total. The first kappa shape index (κ1) is 23.2. The molecular formula is C31H25ClN4O. The van der Waals surface area contributed by atoms with Gasteiger partial charge >= 0.3 is 0 Å². The first-order valence-corrected chi connectivity index (χ1v) is 12.6. The molecule has 0 bridgehead atoms. The van der Waals surface area contributed by atoms with Crippen LogP contribution in [0.4, 0.5) is 5.95 Å². The van der Waals surface area contributed by atoms with Crippen LogP contribution >= 0.6 is 11.6 Å². The normalized spacial score (nSPS) is 15.2. The maximum atomic E-state index is 6.38. The van der Waals surface area contributed by atoms with Crippen molar-refractivity contribution in [1.29, 1.82) is 0 Å². The number of nitrogens with zero attached hydrogens (tertiary/aromatic N) is 4. The fraction of sp³-hybridized carbons (Fsp3) is 0.129. The van der Waals surface area contributed by atoms with Gasteiger partial charge in [-0.25, -0.2) is 15.0 Å². The number of hydrazone groups is 1. The van der Waals surface area contributed by atoms with Crippen LogP contribution in [0.3, 0.4) is 0 Å². The monoisotopic (exact) mass is 504 g/mol. The highest BCUT2D eigenvalue weighted by molar-refractivity contribution is 6.31. The fourth-order valence-corrected chi connectivity index (χ4v) is 5.03. The summed E-state index contributed by atoms with van der Waals surface area (Å²) < 4.78 is 5.35. The zero-order valence-electron chi connectivity index (χ0n) is 20.6. The van der Waals surface area contributed by atoms with Gasteiger partial charge in [-0.05, 0) is 66.1 Å². The van der Waals surface area contributed by atoms with Gasteiger partial charge in [0.1, 0.15) is 5.75 Å². The van der Waals surface area contributed by atoms with Gasteiger partial charge in [-0.3, -0.25) is 0 Å². The molecule has 0 saturated heterocycles. The van der Waals surface area contributed by atoms with Crippen molar-refractivity contribution in [3.8, 4) is 17.0 Å². The van der Waals surface area contributed by atoms with Crippen molar-refractivity contribution in [3.63, 3.8) is 0 Å². The number of anilines is 1. The van der Waals surface area contributed by atoms with E-state index in [4.69, 9.17) is 31.4 Å². The smallest absolute Gasteiger partial charge is 0.247 e. The summed E-state index contributed by atoms with van der Waals surface area (Å²) in [5.74, 6) is 1.38. The number of halogens is 1. The summed E-state index contributed by atoms with van der Waals surface area (Å²) in [5.41, 5.74) is 7.11. The first-order valence-electron chi connectivity index (χ1n) is 12.2. The number of benzene rings is 4. The van der Waals surface area contributed by atoms with Crippen LogP contribution in [0.1, 0.15) is 29.2 Å². The number of fused-ring (bicyclic) bond motifs is 1. The third kappa shape index (κ3) is 4.43. The van der Waals surface area contributed by atoms with E-state index >= 15 is 0 Å². The van der Waals surface area contributed by atoms with Crippen molar-refractivity contribution >= 4 is 34.2 Å². The highest BCUT2D eigenvalue weighted by atomic mass is 35.5. The lowest BCUT2D eigenvalue weighted by atomic mass is 9.95. The van der Waals surface area contributed by atoms with Crippen molar-refractivity contribution in [3.05, 3.63) is 119 Å². The van der Waals surface area contributed by atoms with Crippen molar-refractivity contribution in [1.82, 2.24) is 9.97 Å². The molecule has 182 valence electrons. The van der Waals surface area contributed by atoms with Gasteiger partial charge < -0.3 is 4.74 Å². The van der Waals surface area contributed by atoms with Gasteiger partial charge in [-0.1, -0.05) is 66.2 Å². The number of hydrogen-bond donors (Lipinski definition) is 0. The van der Waals surface area contributed by atoms with Crippen LogP contribution in [0.25, 0.3) is 22.2 Å². The van der Waals surface area contributed by atoms with Crippen LogP contribution in [-0.4, -0.2) is 22.8 Å². The molecule has 6 heteroatoms. The Hall–Kier alpha value is -4.22. The molecule has 1 atom stereocenters.